The highest BCUT2D eigenvalue weighted by molar-refractivity contribution is 9.10. The first-order valence-corrected chi connectivity index (χ1v) is 7.68. The van der Waals surface area contributed by atoms with Crippen LogP contribution in [0.1, 0.15) is 30.7 Å². The summed E-state index contributed by atoms with van der Waals surface area (Å²) in [6, 6.07) is 8.35. The van der Waals surface area contributed by atoms with Crippen LogP contribution in [0, 0.1) is 12.3 Å². The molecule has 1 aromatic heterocycles. The SMILES string of the molecule is Cc1sc(CC(C)(C)C)nc1-c1cccc(Br)c1. The zero-order valence-electron chi connectivity index (χ0n) is 11.2. The number of rotatable bonds is 2. The van der Waals surface area contributed by atoms with E-state index in [0.29, 0.717) is 5.41 Å². The minimum atomic E-state index is 0.291. The van der Waals surface area contributed by atoms with Crippen LogP contribution in [0.4, 0.5) is 0 Å². The van der Waals surface area contributed by atoms with Gasteiger partial charge in [0.2, 0.25) is 0 Å². The molecule has 0 bridgehead atoms. The molecule has 0 amide bonds. The third-order valence-corrected chi connectivity index (χ3v) is 4.08. The van der Waals surface area contributed by atoms with Crippen LogP contribution in [0.15, 0.2) is 28.7 Å². The van der Waals surface area contributed by atoms with Crippen molar-refractivity contribution >= 4 is 27.3 Å². The van der Waals surface area contributed by atoms with Crippen molar-refractivity contribution in [2.45, 2.75) is 34.1 Å². The van der Waals surface area contributed by atoms with Crippen molar-refractivity contribution in [3.8, 4) is 11.3 Å². The van der Waals surface area contributed by atoms with Gasteiger partial charge in [-0.2, -0.15) is 0 Å². The predicted molar refractivity (Wildman–Crippen MR) is 83.1 cm³/mol. The maximum atomic E-state index is 4.80. The van der Waals surface area contributed by atoms with E-state index in [9.17, 15) is 0 Å². The lowest BCUT2D eigenvalue weighted by molar-refractivity contribution is 0.410. The third kappa shape index (κ3) is 3.42. The Balaban J connectivity index is 2.35. The van der Waals surface area contributed by atoms with Crippen LogP contribution < -0.4 is 0 Å². The summed E-state index contributed by atoms with van der Waals surface area (Å²) in [5.41, 5.74) is 2.61. The Morgan fingerprint density at radius 1 is 1.28 bits per heavy atom. The average Bonchev–Trinajstić information content (AvgIpc) is 2.56. The molecule has 2 aromatic rings. The van der Waals surface area contributed by atoms with Gasteiger partial charge in [0, 0.05) is 21.3 Å². The lowest BCUT2D eigenvalue weighted by atomic mass is 9.93. The molecule has 0 spiro atoms. The molecule has 0 saturated carbocycles. The summed E-state index contributed by atoms with van der Waals surface area (Å²) < 4.78 is 1.10. The van der Waals surface area contributed by atoms with Gasteiger partial charge in [-0.25, -0.2) is 4.98 Å². The van der Waals surface area contributed by atoms with Crippen LogP contribution in [-0.2, 0) is 6.42 Å². The Hall–Kier alpha value is -0.670. The number of thiazole rings is 1. The number of aromatic nitrogens is 1. The molecule has 1 aromatic carbocycles. The van der Waals surface area contributed by atoms with E-state index in [1.807, 2.05) is 17.4 Å². The van der Waals surface area contributed by atoms with Crippen molar-refractivity contribution < 1.29 is 0 Å². The number of hydrogen-bond acceptors (Lipinski definition) is 2. The van der Waals surface area contributed by atoms with Crippen LogP contribution in [0.3, 0.4) is 0 Å². The molecule has 2 rings (SSSR count). The maximum absolute atomic E-state index is 4.80. The lowest BCUT2D eigenvalue weighted by Gasteiger charge is -2.15. The van der Waals surface area contributed by atoms with E-state index in [0.717, 1.165) is 16.6 Å². The van der Waals surface area contributed by atoms with Gasteiger partial charge in [-0.3, -0.25) is 0 Å². The molecular formula is C15H18BrNS. The molecule has 18 heavy (non-hydrogen) atoms. The van der Waals surface area contributed by atoms with Gasteiger partial charge in [0.1, 0.15) is 0 Å². The predicted octanol–water partition coefficient (Wildman–Crippen LogP) is 5.47. The molecule has 96 valence electrons. The van der Waals surface area contributed by atoms with Crippen molar-refractivity contribution in [2.75, 3.05) is 0 Å². The molecule has 0 unspecified atom stereocenters. The van der Waals surface area contributed by atoms with E-state index in [4.69, 9.17) is 4.98 Å². The Bertz CT molecular complexity index is 552. The van der Waals surface area contributed by atoms with E-state index in [1.165, 1.54) is 15.4 Å². The van der Waals surface area contributed by atoms with Crippen LogP contribution in [0.25, 0.3) is 11.3 Å². The fraction of sp³-hybridized carbons (Fsp3) is 0.400. The average molecular weight is 324 g/mol. The summed E-state index contributed by atoms with van der Waals surface area (Å²) in [5, 5.41) is 1.23. The summed E-state index contributed by atoms with van der Waals surface area (Å²) in [6.07, 6.45) is 1.03. The number of aryl methyl sites for hydroxylation is 1. The largest absolute Gasteiger partial charge is 0.241 e. The van der Waals surface area contributed by atoms with Gasteiger partial charge in [0.05, 0.1) is 10.7 Å². The third-order valence-electron chi connectivity index (χ3n) is 2.62. The zero-order chi connectivity index (χ0) is 13.3. The van der Waals surface area contributed by atoms with E-state index in [2.05, 4.69) is 61.8 Å². The first-order valence-electron chi connectivity index (χ1n) is 6.07. The number of hydrogen-bond donors (Lipinski definition) is 0. The van der Waals surface area contributed by atoms with Gasteiger partial charge in [0.25, 0.3) is 0 Å². The Morgan fingerprint density at radius 2 is 2.00 bits per heavy atom. The molecule has 0 radical (unpaired) electrons. The van der Waals surface area contributed by atoms with Gasteiger partial charge >= 0.3 is 0 Å². The molecule has 0 fully saturated rings. The monoisotopic (exact) mass is 323 g/mol. The van der Waals surface area contributed by atoms with E-state index < -0.39 is 0 Å². The molecule has 0 aliphatic carbocycles. The number of benzene rings is 1. The Morgan fingerprint density at radius 3 is 2.61 bits per heavy atom. The summed E-state index contributed by atoms with van der Waals surface area (Å²) >= 11 is 5.33. The fourth-order valence-electron chi connectivity index (χ4n) is 1.88. The normalized spacial score (nSPS) is 11.8. The molecule has 0 saturated heterocycles. The van der Waals surface area contributed by atoms with Crippen molar-refractivity contribution in [1.82, 2.24) is 4.98 Å². The molecule has 0 aliphatic heterocycles. The van der Waals surface area contributed by atoms with Gasteiger partial charge in [-0.15, -0.1) is 11.3 Å². The summed E-state index contributed by atoms with van der Waals surface area (Å²) in [7, 11) is 0. The molecule has 0 atom stereocenters. The van der Waals surface area contributed by atoms with E-state index >= 15 is 0 Å². The number of halogens is 1. The van der Waals surface area contributed by atoms with Gasteiger partial charge in [-0.1, -0.05) is 48.8 Å². The van der Waals surface area contributed by atoms with E-state index in [-0.39, 0.29) is 0 Å². The number of nitrogens with zero attached hydrogens (tertiary/aromatic N) is 1. The van der Waals surface area contributed by atoms with E-state index in [1.54, 1.807) is 0 Å². The second kappa shape index (κ2) is 5.14. The highest BCUT2D eigenvalue weighted by Crippen LogP contribution is 2.32. The van der Waals surface area contributed by atoms with Crippen LogP contribution in [-0.4, -0.2) is 4.98 Å². The highest BCUT2D eigenvalue weighted by atomic mass is 79.9. The van der Waals surface area contributed by atoms with Gasteiger partial charge < -0.3 is 0 Å². The second-order valence-corrected chi connectivity index (χ2v) is 7.96. The summed E-state index contributed by atoms with van der Waals surface area (Å²) in [6.45, 7) is 8.91. The van der Waals surface area contributed by atoms with Crippen LogP contribution in [0.5, 0.6) is 0 Å². The molecule has 1 nitrogen and oxygen atoms in total. The maximum Gasteiger partial charge on any atom is 0.0940 e. The van der Waals surface area contributed by atoms with Crippen molar-refractivity contribution in [1.29, 1.82) is 0 Å². The fourth-order valence-corrected chi connectivity index (χ4v) is 3.54. The minimum absolute atomic E-state index is 0.291. The van der Waals surface area contributed by atoms with Gasteiger partial charge in [0.15, 0.2) is 0 Å². The molecule has 3 heteroatoms. The molecular weight excluding hydrogens is 306 g/mol. The Labute approximate surface area is 121 Å². The second-order valence-electron chi connectivity index (χ2n) is 5.76. The molecule has 0 N–H and O–H groups in total. The Kier molecular flexibility index (Phi) is 3.93. The summed E-state index contributed by atoms with van der Waals surface area (Å²) in [4.78, 5) is 6.10. The van der Waals surface area contributed by atoms with Crippen LogP contribution in [0.2, 0.25) is 0 Å². The standard InChI is InChI=1S/C15H18BrNS/c1-10-14(11-6-5-7-12(16)8-11)17-13(18-10)9-15(2,3)4/h5-8H,9H2,1-4H3. The molecule has 1 heterocycles. The molecule has 0 aliphatic rings. The smallest absolute Gasteiger partial charge is 0.0940 e. The minimum Gasteiger partial charge on any atom is -0.241 e. The topological polar surface area (TPSA) is 12.9 Å². The van der Waals surface area contributed by atoms with Crippen molar-refractivity contribution in [3.05, 3.63) is 38.6 Å². The van der Waals surface area contributed by atoms with Gasteiger partial charge in [-0.05, 0) is 24.5 Å². The van der Waals surface area contributed by atoms with Crippen molar-refractivity contribution in [3.63, 3.8) is 0 Å². The first kappa shape index (κ1) is 13.8. The highest BCUT2D eigenvalue weighted by Gasteiger charge is 2.16. The first-order chi connectivity index (χ1) is 8.35. The quantitative estimate of drug-likeness (QED) is 0.714. The van der Waals surface area contributed by atoms with Crippen molar-refractivity contribution in [2.24, 2.45) is 5.41 Å². The summed E-state index contributed by atoms with van der Waals surface area (Å²) in [5.74, 6) is 0. The lowest BCUT2D eigenvalue weighted by Crippen LogP contribution is -2.08. The zero-order valence-corrected chi connectivity index (χ0v) is 13.7. The van der Waals surface area contributed by atoms with Crippen LogP contribution >= 0.6 is 27.3 Å².